The summed E-state index contributed by atoms with van der Waals surface area (Å²) in [6.45, 7) is 1.35. The highest BCUT2D eigenvalue weighted by Crippen LogP contribution is 2.22. The number of benzene rings is 1. The quantitative estimate of drug-likeness (QED) is 0.419. The highest BCUT2D eigenvalue weighted by atomic mass is 16.6. The van der Waals surface area contributed by atoms with E-state index in [1.807, 2.05) is 0 Å². The predicted molar refractivity (Wildman–Crippen MR) is 49.7 cm³/mol. The summed E-state index contributed by atoms with van der Waals surface area (Å²) in [5, 5.41) is 10.5. The van der Waals surface area contributed by atoms with Gasteiger partial charge in [-0.15, -0.1) is 0 Å². The number of nitro groups is 1. The van der Waals surface area contributed by atoms with Gasteiger partial charge in [-0.05, 0) is 13.0 Å². The lowest BCUT2D eigenvalue weighted by Crippen LogP contribution is -1.97. The molecule has 0 spiro atoms. The fourth-order valence-corrected chi connectivity index (χ4v) is 1.01. The average molecular weight is 195 g/mol. The summed E-state index contributed by atoms with van der Waals surface area (Å²) >= 11 is 0. The van der Waals surface area contributed by atoms with Crippen molar-refractivity contribution in [3.8, 4) is 5.75 Å². The third-order valence-electron chi connectivity index (χ3n) is 1.74. The lowest BCUT2D eigenvalue weighted by molar-refractivity contribution is -0.384. The zero-order chi connectivity index (χ0) is 10.7. The zero-order valence-electron chi connectivity index (χ0n) is 7.81. The van der Waals surface area contributed by atoms with Crippen LogP contribution in [0.15, 0.2) is 18.2 Å². The van der Waals surface area contributed by atoms with E-state index < -0.39 is 4.92 Å². The molecule has 0 radical (unpaired) electrons. The van der Waals surface area contributed by atoms with Gasteiger partial charge in [0.25, 0.3) is 5.69 Å². The normalized spacial score (nSPS) is 9.57. The van der Waals surface area contributed by atoms with E-state index in [1.165, 1.54) is 32.2 Å². The van der Waals surface area contributed by atoms with Crippen molar-refractivity contribution in [2.45, 2.75) is 6.92 Å². The number of hydrogen-bond acceptors (Lipinski definition) is 4. The summed E-state index contributed by atoms with van der Waals surface area (Å²) in [7, 11) is 1.39. The number of hydrogen-bond donors (Lipinski definition) is 0. The summed E-state index contributed by atoms with van der Waals surface area (Å²) in [6.07, 6.45) is 0. The molecule has 1 aromatic carbocycles. The molecule has 0 atom stereocenters. The third kappa shape index (κ3) is 2.07. The lowest BCUT2D eigenvalue weighted by Gasteiger charge is -2.01. The molecule has 14 heavy (non-hydrogen) atoms. The first-order chi connectivity index (χ1) is 6.54. The first-order valence-corrected chi connectivity index (χ1v) is 3.89. The van der Waals surface area contributed by atoms with Gasteiger partial charge in [0, 0.05) is 11.6 Å². The van der Waals surface area contributed by atoms with Crippen LogP contribution in [0, 0.1) is 10.1 Å². The van der Waals surface area contributed by atoms with Crippen molar-refractivity contribution < 1.29 is 14.5 Å². The molecular weight excluding hydrogens is 186 g/mol. The molecule has 0 aliphatic heterocycles. The Kier molecular flexibility index (Phi) is 2.81. The van der Waals surface area contributed by atoms with Crippen LogP contribution in [0.2, 0.25) is 0 Å². The Bertz CT molecular complexity index is 354. The minimum absolute atomic E-state index is 0.144. The Hall–Kier alpha value is -1.91. The van der Waals surface area contributed by atoms with E-state index in [1.54, 1.807) is 0 Å². The van der Waals surface area contributed by atoms with Gasteiger partial charge < -0.3 is 4.74 Å². The van der Waals surface area contributed by atoms with E-state index in [4.69, 9.17) is 4.74 Å². The maximum Gasteiger partial charge on any atom is 0.273 e. The number of ketones is 1. The van der Waals surface area contributed by atoms with Crippen LogP contribution in [-0.2, 0) is 0 Å². The molecule has 0 amide bonds. The van der Waals surface area contributed by atoms with Crippen LogP contribution in [0.25, 0.3) is 0 Å². The van der Waals surface area contributed by atoms with E-state index >= 15 is 0 Å². The Morgan fingerprint density at radius 1 is 1.43 bits per heavy atom. The van der Waals surface area contributed by atoms with Crippen LogP contribution in [0.5, 0.6) is 5.75 Å². The number of Topliss-reactive ketones (excluding diaryl/α,β-unsaturated/α-hetero) is 1. The molecule has 1 rings (SSSR count). The number of nitrogens with zero attached hydrogens (tertiary/aromatic N) is 1. The number of methoxy groups -OCH3 is 1. The second-order valence-electron chi connectivity index (χ2n) is 2.73. The molecule has 0 unspecified atom stereocenters. The van der Waals surface area contributed by atoms with Crippen molar-refractivity contribution in [3.05, 3.63) is 33.9 Å². The van der Waals surface area contributed by atoms with Crippen molar-refractivity contribution in [1.82, 2.24) is 0 Å². The Labute approximate surface area is 80.5 Å². The van der Waals surface area contributed by atoms with E-state index in [-0.39, 0.29) is 17.0 Å². The number of carbonyl (C=O) groups excluding carboxylic acids is 1. The van der Waals surface area contributed by atoms with Gasteiger partial charge in [0.05, 0.1) is 18.1 Å². The Balaban J connectivity index is 3.27. The van der Waals surface area contributed by atoms with E-state index in [2.05, 4.69) is 0 Å². The molecule has 0 bridgehead atoms. The van der Waals surface area contributed by atoms with Crippen LogP contribution in [-0.4, -0.2) is 17.8 Å². The summed E-state index contributed by atoms with van der Waals surface area (Å²) in [4.78, 5) is 20.9. The number of rotatable bonds is 3. The molecule has 0 aromatic heterocycles. The Morgan fingerprint density at radius 3 is 2.50 bits per heavy atom. The minimum Gasteiger partial charge on any atom is -0.496 e. The van der Waals surface area contributed by atoms with Crippen molar-refractivity contribution in [3.63, 3.8) is 0 Å². The minimum atomic E-state index is -0.561. The molecule has 0 heterocycles. The second-order valence-corrected chi connectivity index (χ2v) is 2.73. The molecule has 0 N–H and O–H groups in total. The molecule has 1 aromatic rings. The van der Waals surface area contributed by atoms with Crippen molar-refractivity contribution >= 4 is 11.5 Å². The summed E-state index contributed by atoms with van der Waals surface area (Å²) in [6, 6.07) is 3.96. The molecule has 0 aliphatic rings. The maximum atomic E-state index is 11.0. The van der Waals surface area contributed by atoms with E-state index in [9.17, 15) is 14.9 Å². The maximum absolute atomic E-state index is 11.0. The first-order valence-electron chi connectivity index (χ1n) is 3.89. The fraction of sp³-hybridized carbons (Fsp3) is 0.222. The van der Waals surface area contributed by atoms with Gasteiger partial charge in [0.1, 0.15) is 5.75 Å². The summed E-state index contributed by atoms with van der Waals surface area (Å²) in [5.74, 6) is 0.0800. The summed E-state index contributed by atoms with van der Waals surface area (Å²) in [5.41, 5.74) is 0.130. The number of nitro benzene ring substituents is 1. The molecule has 0 saturated heterocycles. The zero-order valence-corrected chi connectivity index (χ0v) is 7.81. The smallest absolute Gasteiger partial charge is 0.273 e. The van der Waals surface area contributed by atoms with Crippen molar-refractivity contribution in [2.24, 2.45) is 0 Å². The molecule has 5 nitrogen and oxygen atoms in total. The number of ether oxygens (including phenoxy) is 1. The standard InChI is InChI=1S/C9H9NO4/c1-6(11)7-3-8(10(12)13)5-9(4-7)14-2/h3-5H,1-2H3. The SMILES string of the molecule is COc1cc(C(C)=O)cc([N+](=O)[O-])c1. The van der Waals surface area contributed by atoms with Gasteiger partial charge in [-0.1, -0.05) is 0 Å². The molecule has 0 aliphatic carbocycles. The monoisotopic (exact) mass is 195 g/mol. The highest BCUT2D eigenvalue weighted by Gasteiger charge is 2.12. The van der Waals surface area contributed by atoms with Gasteiger partial charge in [-0.25, -0.2) is 0 Å². The third-order valence-corrected chi connectivity index (χ3v) is 1.74. The topological polar surface area (TPSA) is 69.4 Å². The van der Waals surface area contributed by atoms with Gasteiger partial charge in [-0.3, -0.25) is 14.9 Å². The second kappa shape index (κ2) is 3.87. The van der Waals surface area contributed by atoms with Crippen LogP contribution < -0.4 is 4.74 Å². The van der Waals surface area contributed by atoms with Gasteiger partial charge in [-0.2, -0.15) is 0 Å². The van der Waals surface area contributed by atoms with Gasteiger partial charge in [0.15, 0.2) is 5.78 Å². The van der Waals surface area contributed by atoms with Crippen molar-refractivity contribution in [1.29, 1.82) is 0 Å². The lowest BCUT2D eigenvalue weighted by atomic mass is 10.1. The molecule has 74 valence electrons. The van der Waals surface area contributed by atoms with E-state index in [0.29, 0.717) is 5.75 Å². The Morgan fingerprint density at radius 2 is 2.07 bits per heavy atom. The molecule has 0 saturated carbocycles. The molecular formula is C9H9NO4. The van der Waals surface area contributed by atoms with Crippen LogP contribution in [0.1, 0.15) is 17.3 Å². The van der Waals surface area contributed by atoms with Gasteiger partial charge >= 0.3 is 0 Å². The first kappa shape index (κ1) is 10.2. The highest BCUT2D eigenvalue weighted by molar-refractivity contribution is 5.95. The molecule has 0 fully saturated rings. The van der Waals surface area contributed by atoms with Crippen molar-refractivity contribution in [2.75, 3.05) is 7.11 Å². The predicted octanol–water partition coefficient (Wildman–Crippen LogP) is 1.81. The number of non-ortho nitro benzene ring substituents is 1. The molecule has 5 heteroatoms. The number of carbonyl (C=O) groups is 1. The van der Waals surface area contributed by atoms with Gasteiger partial charge in [0.2, 0.25) is 0 Å². The summed E-state index contributed by atoms with van der Waals surface area (Å²) < 4.78 is 4.84. The fourth-order valence-electron chi connectivity index (χ4n) is 1.01. The van der Waals surface area contributed by atoms with Crippen LogP contribution in [0.4, 0.5) is 5.69 Å². The van der Waals surface area contributed by atoms with E-state index in [0.717, 1.165) is 0 Å². The van der Waals surface area contributed by atoms with Crippen LogP contribution >= 0.6 is 0 Å². The average Bonchev–Trinajstić information content (AvgIpc) is 2.16. The van der Waals surface area contributed by atoms with Crippen LogP contribution in [0.3, 0.4) is 0 Å². The largest absolute Gasteiger partial charge is 0.496 e.